The molecule has 0 aliphatic rings. The number of H-pyrrole nitrogens is 1. The lowest BCUT2D eigenvalue weighted by Crippen LogP contribution is -2.48. The van der Waals surface area contributed by atoms with Crippen molar-refractivity contribution in [1.82, 2.24) is 15.6 Å². The molecule has 2 aromatic rings. The summed E-state index contributed by atoms with van der Waals surface area (Å²) in [7, 11) is 0. The molecule has 0 bridgehead atoms. The Morgan fingerprint density at radius 1 is 1.25 bits per heavy atom. The number of carbonyl (C=O) groups is 2. The SMILES string of the molecule is CCOC(=O)N[C@H](Cc1c[nH]c2ccccc12)C(=O)NCC(C)C. The Balaban J connectivity index is 2.15. The Hall–Kier alpha value is -2.50. The highest BCUT2D eigenvalue weighted by molar-refractivity contribution is 5.88. The molecule has 0 saturated carbocycles. The zero-order valence-corrected chi connectivity index (χ0v) is 14.4. The number of benzene rings is 1. The molecule has 0 aliphatic heterocycles. The van der Waals surface area contributed by atoms with E-state index in [4.69, 9.17) is 4.74 Å². The second kappa shape index (κ2) is 8.38. The van der Waals surface area contributed by atoms with Crippen molar-refractivity contribution in [2.45, 2.75) is 33.2 Å². The van der Waals surface area contributed by atoms with Gasteiger partial charge in [0.1, 0.15) is 6.04 Å². The first-order valence-corrected chi connectivity index (χ1v) is 8.27. The average Bonchev–Trinajstić information content (AvgIpc) is 2.95. The number of aromatic amines is 1. The molecule has 1 aromatic heterocycles. The van der Waals surface area contributed by atoms with Gasteiger partial charge in [0, 0.05) is 30.1 Å². The molecule has 0 saturated heterocycles. The number of nitrogens with one attached hydrogen (secondary N) is 3. The number of aromatic nitrogens is 1. The van der Waals surface area contributed by atoms with Crippen LogP contribution >= 0.6 is 0 Å². The minimum Gasteiger partial charge on any atom is -0.450 e. The Bertz CT molecular complexity index is 694. The summed E-state index contributed by atoms with van der Waals surface area (Å²) < 4.78 is 4.92. The van der Waals surface area contributed by atoms with Gasteiger partial charge in [-0.3, -0.25) is 4.79 Å². The lowest BCUT2D eigenvalue weighted by atomic mass is 10.0. The molecule has 1 heterocycles. The number of hydrogen-bond acceptors (Lipinski definition) is 3. The monoisotopic (exact) mass is 331 g/mol. The van der Waals surface area contributed by atoms with Gasteiger partial charge in [-0.15, -0.1) is 0 Å². The molecule has 0 fully saturated rings. The summed E-state index contributed by atoms with van der Waals surface area (Å²) >= 11 is 0. The van der Waals surface area contributed by atoms with E-state index < -0.39 is 12.1 Å². The molecule has 6 heteroatoms. The predicted octanol–water partition coefficient (Wildman–Crippen LogP) is 2.60. The molecule has 130 valence electrons. The molecule has 1 atom stereocenters. The second-order valence-corrected chi connectivity index (χ2v) is 6.12. The van der Waals surface area contributed by atoms with Crippen LogP contribution in [0.1, 0.15) is 26.3 Å². The third kappa shape index (κ3) is 4.75. The smallest absolute Gasteiger partial charge is 0.407 e. The van der Waals surface area contributed by atoms with Crippen LogP contribution in [0.4, 0.5) is 4.79 Å². The number of ether oxygens (including phenoxy) is 1. The molecular weight excluding hydrogens is 306 g/mol. The van der Waals surface area contributed by atoms with Gasteiger partial charge in [-0.1, -0.05) is 32.0 Å². The fourth-order valence-electron chi connectivity index (χ4n) is 2.47. The molecule has 0 spiro atoms. The highest BCUT2D eigenvalue weighted by atomic mass is 16.5. The van der Waals surface area contributed by atoms with Gasteiger partial charge in [0.05, 0.1) is 6.61 Å². The topological polar surface area (TPSA) is 83.2 Å². The molecule has 2 rings (SSSR count). The average molecular weight is 331 g/mol. The molecule has 1 aromatic carbocycles. The number of carbonyl (C=O) groups excluding carboxylic acids is 2. The quantitative estimate of drug-likeness (QED) is 0.729. The van der Waals surface area contributed by atoms with Crippen LogP contribution in [0.5, 0.6) is 0 Å². The lowest BCUT2D eigenvalue weighted by Gasteiger charge is -2.18. The largest absolute Gasteiger partial charge is 0.450 e. The van der Waals surface area contributed by atoms with Crippen LogP contribution < -0.4 is 10.6 Å². The van der Waals surface area contributed by atoms with Gasteiger partial charge in [0.15, 0.2) is 0 Å². The number of para-hydroxylation sites is 1. The molecule has 0 radical (unpaired) electrons. The molecule has 2 amide bonds. The summed E-state index contributed by atoms with van der Waals surface area (Å²) in [5.74, 6) is 0.132. The molecule has 3 N–H and O–H groups in total. The fourth-order valence-corrected chi connectivity index (χ4v) is 2.47. The van der Waals surface area contributed by atoms with Gasteiger partial charge in [0.25, 0.3) is 0 Å². The Labute approximate surface area is 142 Å². The predicted molar refractivity (Wildman–Crippen MR) is 93.8 cm³/mol. The van der Waals surface area contributed by atoms with Crippen molar-refractivity contribution >= 4 is 22.9 Å². The number of alkyl carbamates (subject to hydrolysis) is 1. The fraction of sp³-hybridized carbons (Fsp3) is 0.444. The zero-order valence-electron chi connectivity index (χ0n) is 14.4. The Kier molecular flexibility index (Phi) is 6.23. The maximum atomic E-state index is 12.5. The Morgan fingerprint density at radius 3 is 2.71 bits per heavy atom. The summed E-state index contributed by atoms with van der Waals surface area (Å²) in [5.41, 5.74) is 1.98. The zero-order chi connectivity index (χ0) is 17.5. The minimum absolute atomic E-state index is 0.206. The minimum atomic E-state index is -0.679. The molecule has 24 heavy (non-hydrogen) atoms. The van der Waals surface area contributed by atoms with Gasteiger partial charge in [-0.2, -0.15) is 0 Å². The molecular formula is C18H25N3O3. The first kappa shape index (κ1) is 17.8. The maximum absolute atomic E-state index is 12.5. The number of hydrogen-bond donors (Lipinski definition) is 3. The van der Waals surface area contributed by atoms with Gasteiger partial charge in [0.2, 0.25) is 5.91 Å². The molecule has 0 aliphatic carbocycles. The van der Waals surface area contributed by atoms with Gasteiger partial charge in [-0.05, 0) is 24.5 Å². The lowest BCUT2D eigenvalue weighted by molar-refractivity contribution is -0.123. The van der Waals surface area contributed by atoms with Crippen molar-refractivity contribution in [3.8, 4) is 0 Å². The van der Waals surface area contributed by atoms with Gasteiger partial charge in [-0.25, -0.2) is 4.79 Å². The highest BCUT2D eigenvalue weighted by Crippen LogP contribution is 2.19. The van der Waals surface area contributed by atoms with E-state index in [-0.39, 0.29) is 12.5 Å². The number of fused-ring (bicyclic) bond motifs is 1. The first-order chi connectivity index (χ1) is 11.5. The number of rotatable bonds is 7. The van der Waals surface area contributed by atoms with Crippen LogP contribution in [0.3, 0.4) is 0 Å². The standard InChI is InChI=1S/C18H25N3O3/c1-4-24-18(23)21-16(17(22)20-10-12(2)3)9-13-11-19-15-8-6-5-7-14(13)15/h5-8,11-12,16,19H,4,9-10H2,1-3H3,(H,20,22)(H,21,23)/t16-/m1/s1. The van der Waals surface area contributed by atoms with Crippen LogP contribution in [0, 0.1) is 5.92 Å². The van der Waals surface area contributed by atoms with Crippen LogP contribution in [-0.2, 0) is 16.0 Å². The van der Waals surface area contributed by atoms with E-state index in [1.54, 1.807) is 6.92 Å². The van der Waals surface area contributed by atoms with E-state index in [0.717, 1.165) is 16.5 Å². The van der Waals surface area contributed by atoms with Crippen LogP contribution in [0.15, 0.2) is 30.5 Å². The highest BCUT2D eigenvalue weighted by Gasteiger charge is 2.23. The third-order valence-electron chi connectivity index (χ3n) is 3.67. The third-order valence-corrected chi connectivity index (χ3v) is 3.67. The van der Waals surface area contributed by atoms with Crippen molar-refractivity contribution < 1.29 is 14.3 Å². The van der Waals surface area contributed by atoms with Crippen molar-refractivity contribution in [2.75, 3.05) is 13.2 Å². The normalized spacial score (nSPS) is 12.2. The van der Waals surface area contributed by atoms with E-state index in [9.17, 15) is 9.59 Å². The van der Waals surface area contributed by atoms with Crippen molar-refractivity contribution in [2.24, 2.45) is 5.92 Å². The molecule has 0 unspecified atom stereocenters. The van der Waals surface area contributed by atoms with E-state index in [1.165, 1.54) is 0 Å². The van der Waals surface area contributed by atoms with E-state index >= 15 is 0 Å². The summed E-state index contributed by atoms with van der Waals surface area (Å²) in [5, 5.41) is 6.57. The van der Waals surface area contributed by atoms with Crippen LogP contribution in [-0.4, -0.2) is 36.2 Å². The maximum Gasteiger partial charge on any atom is 0.407 e. The van der Waals surface area contributed by atoms with Crippen molar-refractivity contribution in [3.05, 3.63) is 36.0 Å². The summed E-state index contributed by atoms with van der Waals surface area (Å²) in [6, 6.07) is 7.19. The summed E-state index contributed by atoms with van der Waals surface area (Å²) in [6.07, 6.45) is 1.69. The van der Waals surface area contributed by atoms with Crippen molar-refractivity contribution in [1.29, 1.82) is 0 Å². The summed E-state index contributed by atoms with van der Waals surface area (Å²) in [4.78, 5) is 27.4. The van der Waals surface area contributed by atoms with Crippen LogP contribution in [0.25, 0.3) is 10.9 Å². The second-order valence-electron chi connectivity index (χ2n) is 6.12. The van der Waals surface area contributed by atoms with E-state index in [2.05, 4.69) is 15.6 Å². The van der Waals surface area contributed by atoms with Crippen LogP contribution in [0.2, 0.25) is 0 Å². The van der Waals surface area contributed by atoms with E-state index in [1.807, 2.05) is 44.3 Å². The first-order valence-electron chi connectivity index (χ1n) is 8.27. The number of amides is 2. The Morgan fingerprint density at radius 2 is 2.00 bits per heavy atom. The van der Waals surface area contributed by atoms with E-state index in [0.29, 0.717) is 18.9 Å². The summed E-state index contributed by atoms with van der Waals surface area (Å²) in [6.45, 7) is 6.60. The van der Waals surface area contributed by atoms with Gasteiger partial charge < -0.3 is 20.4 Å². The molecule has 6 nitrogen and oxygen atoms in total. The van der Waals surface area contributed by atoms with Crippen molar-refractivity contribution in [3.63, 3.8) is 0 Å². The van der Waals surface area contributed by atoms with Gasteiger partial charge >= 0.3 is 6.09 Å².